The van der Waals surface area contributed by atoms with Crippen molar-refractivity contribution in [2.45, 2.75) is 13.8 Å². The van der Waals surface area contributed by atoms with E-state index in [0.29, 0.717) is 53.3 Å². The lowest BCUT2D eigenvalue weighted by atomic mass is 10.1. The number of aromatic nitrogens is 2. The van der Waals surface area contributed by atoms with Crippen molar-refractivity contribution in [2.24, 2.45) is 0 Å². The molecule has 166 valence electrons. The monoisotopic (exact) mass is 473 g/mol. The van der Waals surface area contributed by atoms with Gasteiger partial charge in [0.15, 0.2) is 5.82 Å². The molecule has 1 aliphatic heterocycles. The Kier molecular flexibility index (Phi) is 6.48. The van der Waals surface area contributed by atoms with Crippen molar-refractivity contribution in [1.82, 2.24) is 14.9 Å². The SMILES string of the molecule is Cc1nc(-c2cccc(F)c2)nc(N2CCN(C(=O)Nc3c(Cl)cccc3Cl)CC2)c1C. The third-order valence-corrected chi connectivity index (χ3v) is 6.14. The van der Waals surface area contributed by atoms with Gasteiger partial charge in [0.1, 0.15) is 11.6 Å². The molecule has 0 atom stereocenters. The number of anilines is 2. The van der Waals surface area contributed by atoms with Gasteiger partial charge in [-0.2, -0.15) is 0 Å². The molecule has 0 saturated carbocycles. The molecule has 0 aliphatic carbocycles. The van der Waals surface area contributed by atoms with Crippen LogP contribution in [-0.4, -0.2) is 47.1 Å². The number of piperazine rings is 1. The lowest BCUT2D eigenvalue weighted by Gasteiger charge is -2.36. The summed E-state index contributed by atoms with van der Waals surface area (Å²) >= 11 is 12.3. The third kappa shape index (κ3) is 4.64. The first-order valence-electron chi connectivity index (χ1n) is 10.2. The average Bonchev–Trinajstić information content (AvgIpc) is 2.78. The molecule has 1 fully saturated rings. The van der Waals surface area contributed by atoms with Crippen LogP contribution in [0.15, 0.2) is 42.5 Å². The number of hydrogen-bond donors (Lipinski definition) is 1. The number of para-hydroxylation sites is 1. The minimum Gasteiger partial charge on any atom is -0.353 e. The van der Waals surface area contributed by atoms with Gasteiger partial charge in [0, 0.05) is 43.0 Å². The van der Waals surface area contributed by atoms with Crippen LogP contribution in [0.5, 0.6) is 0 Å². The molecule has 9 heteroatoms. The molecule has 0 unspecified atom stereocenters. The Labute approximate surface area is 196 Å². The number of rotatable bonds is 3. The number of halogens is 3. The Morgan fingerprint density at radius 2 is 1.66 bits per heavy atom. The van der Waals surface area contributed by atoms with E-state index in [9.17, 15) is 9.18 Å². The smallest absolute Gasteiger partial charge is 0.322 e. The summed E-state index contributed by atoms with van der Waals surface area (Å²) in [5, 5.41) is 3.58. The van der Waals surface area contributed by atoms with Gasteiger partial charge in [0.05, 0.1) is 15.7 Å². The maximum atomic E-state index is 13.7. The van der Waals surface area contributed by atoms with E-state index < -0.39 is 0 Å². The fourth-order valence-electron chi connectivity index (χ4n) is 3.60. The van der Waals surface area contributed by atoms with E-state index in [1.807, 2.05) is 13.8 Å². The number of hydrogen-bond acceptors (Lipinski definition) is 4. The molecular formula is C23H22Cl2FN5O. The molecule has 1 aromatic heterocycles. The van der Waals surface area contributed by atoms with E-state index in [1.165, 1.54) is 12.1 Å². The quantitative estimate of drug-likeness (QED) is 0.540. The minimum atomic E-state index is -0.330. The van der Waals surface area contributed by atoms with Crippen molar-refractivity contribution < 1.29 is 9.18 Å². The predicted molar refractivity (Wildman–Crippen MR) is 126 cm³/mol. The fourth-order valence-corrected chi connectivity index (χ4v) is 4.09. The molecule has 2 aromatic carbocycles. The van der Waals surface area contributed by atoms with Crippen LogP contribution in [0.3, 0.4) is 0 Å². The van der Waals surface area contributed by atoms with Crippen molar-refractivity contribution in [3.05, 3.63) is 69.6 Å². The fraction of sp³-hybridized carbons (Fsp3) is 0.261. The largest absolute Gasteiger partial charge is 0.353 e. The number of benzene rings is 2. The molecule has 2 amide bonds. The van der Waals surface area contributed by atoms with Gasteiger partial charge in [-0.3, -0.25) is 0 Å². The highest BCUT2D eigenvalue weighted by Crippen LogP contribution is 2.30. The first kappa shape index (κ1) is 22.3. The molecule has 1 aliphatic rings. The Hall–Kier alpha value is -2.90. The average molecular weight is 474 g/mol. The Balaban J connectivity index is 1.49. The second kappa shape index (κ2) is 9.30. The normalized spacial score (nSPS) is 13.9. The maximum absolute atomic E-state index is 13.7. The van der Waals surface area contributed by atoms with Gasteiger partial charge in [0.25, 0.3) is 0 Å². The van der Waals surface area contributed by atoms with Crippen LogP contribution in [0.2, 0.25) is 10.0 Å². The van der Waals surface area contributed by atoms with E-state index in [-0.39, 0.29) is 11.8 Å². The van der Waals surface area contributed by atoms with Crippen LogP contribution in [-0.2, 0) is 0 Å². The number of nitrogens with one attached hydrogen (secondary N) is 1. The molecule has 3 aromatic rings. The zero-order valence-electron chi connectivity index (χ0n) is 17.7. The first-order valence-corrected chi connectivity index (χ1v) is 10.9. The van der Waals surface area contributed by atoms with Gasteiger partial charge >= 0.3 is 6.03 Å². The Bertz CT molecular complexity index is 1140. The van der Waals surface area contributed by atoms with Gasteiger partial charge in [-0.1, -0.05) is 41.4 Å². The molecule has 2 heterocycles. The molecule has 0 bridgehead atoms. The zero-order valence-corrected chi connectivity index (χ0v) is 19.2. The molecule has 0 spiro atoms. The molecule has 0 radical (unpaired) electrons. The molecule has 6 nitrogen and oxygen atoms in total. The summed E-state index contributed by atoms with van der Waals surface area (Å²) in [5.74, 6) is 0.950. The number of carbonyl (C=O) groups is 1. The highest BCUT2D eigenvalue weighted by atomic mass is 35.5. The summed E-state index contributed by atoms with van der Waals surface area (Å²) in [7, 11) is 0. The third-order valence-electron chi connectivity index (χ3n) is 5.51. The van der Waals surface area contributed by atoms with Gasteiger partial charge in [-0.15, -0.1) is 0 Å². The van der Waals surface area contributed by atoms with Crippen LogP contribution < -0.4 is 10.2 Å². The van der Waals surface area contributed by atoms with Crippen molar-refractivity contribution in [2.75, 3.05) is 36.4 Å². The highest BCUT2D eigenvalue weighted by Gasteiger charge is 2.25. The minimum absolute atomic E-state index is 0.254. The summed E-state index contributed by atoms with van der Waals surface area (Å²) < 4.78 is 13.7. The van der Waals surface area contributed by atoms with Gasteiger partial charge in [-0.05, 0) is 38.1 Å². The zero-order chi connectivity index (χ0) is 22.8. The van der Waals surface area contributed by atoms with Crippen LogP contribution in [0, 0.1) is 19.7 Å². The Morgan fingerprint density at radius 1 is 1.00 bits per heavy atom. The van der Waals surface area contributed by atoms with Gasteiger partial charge in [-0.25, -0.2) is 19.2 Å². The topological polar surface area (TPSA) is 61.4 Å². The molecule has 4 rings (SSSR count). The van der Waals surface area contributed by atoms with Crippen molar-refractivity contribution in [3.63, 3.8) is 0 Å². The molecule has 1 N–H and O–H groups in total. The highest BCUT2D eigenvalue weighted by molar-refractivity contribution is 6.39. The van der Waals surface area contributed by atoms with E-state index in [4.69, 9.17) is 28.2 Å². The van der Waals surface area contributed by atoms with Crippen molar-refractivity contribution in [3.8, 4) is 11.4 Å². The molecular weight excluding hydrogens is 452 g/mol. The van der Waals surface area contributed by atoms with E-state index in [2.05, 4.69) is 15.2 Å². The van der Waals surface area contributed by atoms with Crippen LogP contribution >= 0.6 is 23.2 Å². The second-order valence-electron chi connectivity index (χ2n) is 7.59. The Morgan fingerprint density at radius 3 is 2.31 bits per heavy atom. The summed E-state index contributed by atoms with van der Waals surface area (Å²) in [5.41, 5.74) is 2.84. The number of aryl methyl sites for hydroxylation is 1. The lowest BCUT2D eigenvalue weighted by Crippen LogP contribution is -2.50. The van der Waals surface area contributed by atoms with E-state index in [0.717, 1.165) is 17.1 Å². The number of nitrogens with zero attached hydrogens (tertiary/aromatic N) is 4. The second-order valence-corrected chi connectivity index (χ2v) is 8.41. The predicted octanol–water partition coefficient (Wildman–Crippen LogP) is 5.56. The van der Waals surface area contributed by atoms with Crippen molar-refractivity contribution in [1.29, 1.82) is 0 Å². The summed E-state index contributed by atoms with van der Waals surface area (Å²) in [6.07, 6.45) is 0. The summed E-state index contributed by atoms with van der Waals surface area (Å²) in [4.78, 5) is 25.8. The van der Waals surface area contributed by atoms with E-state index in [1.54, 1.807) is 35.2 Å². The number of amides is 2. The van der Waals surface area contributed by atoms with Gasteiger partial charge in [0.2, 0.25) is 0 Å². The first-order chi connectivity index (χ1) is 15.3. The summed E-state index contributed by atoms with van der Waals surface area (Å²) in [6, 6.07) is 11.1. The maximum Gasteiger partial charge on any atom is 0.322 e. The van der Waals surface area contributed by atoms with Crippen LogP contribution in [0.1, 0.15) is 11.3 Å². The lowest BCUT2D eigenvalue weighted by molar-refractivity contribution is 0.208. The number of urea groups is 1. The standard InChI is InChI=1S/C23H22Cl2FN5O/c1-14-15(2)27-21(16-5-3-6-17(26)13-16)29-22(14)30-9-11-31(12-10-30)23(32)28-20-18(24)7-4-8-19(20)25/h3-8,13H,9-12H2,1-2H3,(H,28,32). The van der Waals surface area contributed by atoms with Crippen molar-refractivity contribution >= 4 is 40.7 Å². The van der Waals surface area contributed by atoms with Crippen LogP contribution in [0.25, 0.3) is 11.4 Å². The summed E-state index contributed by atoms with van der Waals surface area (Å²) in [6.45, 7) is 6.10. The molecule has 1 saturated heterocycles. The molecule has 32 heavy (non-hydrogen) atoms. The number of carbonyl (C=O) groups excluding carboxylic acids is 1. The van der Waals surface area contributed by atoms with Gasteiger partial charge < -0.3 is 15.1 Å². The van der Waals surface area contributed by atoms with E-state index >= 15 is 0 Å². The van der Waals surface area contributed by atoms with Crippen LogP contribution in [0.4, 0.5) is 20.7 Å².